The third-order valence-electron chi connectivity index (χ3n) is 27.1. The summed E-state index contributed by atoms with van der Waals surface area (Å²) in [7, 11) is 0. The van der Waals surface area contributed by atoms with Gasteiger partial charge in [-0.15, -0.1) is 0 Å². The highest BCUT2D eigenvalue weighted by Gasteiger charge is 2.31. The number of carbonyl (C=O) groups is 1. The minimum Gasteiger partial charge on any atom is -0.396 e. The maximum absolute atomic E-state index is 12.3. The normalized spacial score (nSPS) is 23.5. The van der Waals surface area contributed by atoms with Gasteiger partial charge in [-0.1, -0.05) is 123 Å². The number of ether oxygens (including phenoxy) is 1. The van der Waals surface area contributed by atoms with Gasteiger partial charge < -0.3 is 82.0 Å². The molecule has 0 aromatic carbocycles. The fourth-order valence-electron chi connectivity index (χ4n) is 18.7. The van der Waals surface area contributed by atoms with E-state index in [-0.39, 0.29) is 30.5 Å². The van der Waals surface area contributed by atoms with Crippen LogP contribution in [0.1, 0.15) is 335 Å². The summed E-state index contributed by atoms with van der Waals surface area (Å²) in [4.78, 5) is 42.6. The summed E-state index contributed by atoms with van der Waals surface area (Å²) in [6.45, 7) is 104. The van der Waals surface area contributed by atoms with Gasteiger partial charge in [-0.3, -0.25) is 29.8 Å². The Morgan fingerprint density at radius 2 is 0.627 bits per heavy atom. The highest BCUT2D eigenvalue weighted by atomic mass is 19.3. The molecule has 0 bridgehead atoms. The molecule has 134 heavy (non-hydrogen) atoms. The summed E-state index contributed by atoms with van der Waals surface area (Å²) in [5.41, 5.74) is 25.8. The van der Waals surface area contributed by atoms with Crippen molar-refractivity contribution in [2.75, 3.05) is 249 Å². The van der Waals surface area contributed by atoms with Gasteiger partial charge in [0.25, 0.3) is 0 Å². The van der Waals surface area contributed by atoms with Crippen LogP contribution in [0.3, 0.4) is 0 Å². The summed E-state index contributed by atoms with van der Waals surface area (Å²) >= 11 is 0. The topological polar surface area (TPSA) is 228 Å². The first-order valence-electron chi connectivity index (χ1n) is 56.1. The predicted molar refractivity (Wildman–Crippen MR) is 577 cm³/mol. The smallest absolute Gasteiger partial charge is 0.242 e. The first-order valence-corrected chi connectivity index (χ1v) is 56.1. The van der Waals surface area contributed by atoms with Crippen LogP contribution >= 0.6 is 0 Å². The van der Waals surface area contributed by atoms with Crippen LogP contribution in [0.5, 0.6) is 0 Å². The standard InChI is InChI=1S/C9H17F2N.C9H19N3O.3C9H19N.C8H18N2.C8H17NO.2C8H17N.C7H16N2O.2C7H16N2.C7H15N.C4H10O/c1-7(2)12-5-3-4-8(6-12)9(10)11;1-8(2)11-3-5-12(6-4-11)9(13)7-10;3*1-9(2)8-10-6-4-3-5-7-10;1-7(2)10-5-3-8(9)4-6-10;1-8(2)7-9-3-5-10-6-4-9;1-8(2)7-9-5-3-4-6-9;1-8(2)9-6-4-3-5-7-9;1-5(2)9-3-6(8)7(10)4-9;1-6(2)9-4-3-7(8)5-9;1-7(2)9-6-4-3-5-8-9;1-7(2)6-8-4-3-5-8;1-4(2)3-5/h7-9H,3-6H2,1-2H3;8H,3-7,10H2,1-2H3;3*9H,3-8H2,1-2H3;7-8H,3-6,9H2,1-2H3;8H,3-7H2,1-2H3;2*8H,3-7H2,1-2H3;5-7,10H,3-4,8H2,1-2H3;6-7H,3-5,8H2,1-2H3;7-8H,3-6H2,1-2H3;7H,3-6H2,1-2H3;4-5H,3H2,1-2H3. The number of aliphatic hydroxyl groups is 2. The van der Waals surface area contributed by atoms with E-state index in [2.05, 4.69) is 249 Å². The Bertz CT molecular complexity index is 2390. The zero-order valence-corrected chi connectivity index (χ0v) is 94.0. The molecule has 0 aromatic rings. The van der Waals surface area contributed by atoms with E-state index in [1.807, 2.05) is 18.7 Å². The lowest BCUT2D eigenvalue weighted by atomic mass is 9.98. The van der Waals surface area contributed by atoms with E-state index in [0.29, 0.717) is 73.8 Å². The molecule has 25 heteroatoms. The van der Waals surface area contributed by atoms with Crippen LogP contribution in [0, 0.1) is 47.3 Å². The van der Waals surface area contributed by atoms with Gasteiger partial charge in [-0.05, 0) is 359 Å². The van der Waals surface area contributed by atoms with E-state index < -0.39 is 6.43 Å². The SMILES string of the molecule is CC(C)CN1CCC1.CC(C)CN1CCCC1.CC(C)CN1CCCCC1.CC(C)CN1CCCCC1.CC(C)CN1CCCCC1.CC(C)CN1CCOCC1.CC(C)CO.CC(C)N1CC(N)C(O)C1.CC(C)N1CCC(N)C1.CC(C)N1CCC(N)CC1.CC(C)N1CCCC(C(F)F)C1.CC(C)N1CCCCC1.CC(C)N1CCCCN1.CC(C)N1CCN(C(=O)CN)CC1. The van der Waals surface area contributed by atoms with Crippen molar-refractivity contribution in [2.45, 2.75) is 408 Å². The van der Waals surface area contributed by atoms with E-state index in [0.717, 1.165) is 133 Å². The molecule has 13 saturated heterocycles. The van der Waals surface area contributed by atoms with Crippen molar-refractivity contribution in [1.29, 1.82) is 0 Å². The van der Waals surface area contributed by atoms with Gasteiger partial charge in [0.05, 0.1) is 25.9 Å². The zero-order valence-electron chi connectivity index (χ0n) is 94.0. The molecule has 0 spiro atoms. The number of alkyl halides is 2. The molecule has 0 radical (unpaired) electrons. The van der Waals surface area contributed by atoms with Gasteiger partial charge in [0.15, 0.2) is 0 Å². The molecule has 13 aliphatic heterocycles. The Labute approximate surface area is 831 Å². The van der Waals surface area contributed by atoms with Crippen LogP contribution in [0.15, 0.2) is 0 Å². The number of amides is 1. The van der Waals surface area contributed by atoms with Gasteiger partial charge in [-0.2, -0.15) is 0 Å². The quantitative estimate of drug-likeness (QED) is 0.0534. The molecule has 13 rings (SSSR count). The molecule has 0 saturated carbocycles. The van der Waals surface area contributed by atoms with Crippen molar-refractivity contribution in [2.24, 2.45) is 70.3 Å². The van der Waals surface area contributed by atoms with E-state index in [4.69, 9.17) is 32.8 Å². The van der Waals surface area contributed by atoms with Crippen molar-refractivity contribution in [3.63, 3.8) is 0 Å². The number of carbonyl (C=O) groups excluding carboxylic acids is 1. The lowest BCUT2D eigenvalue weighted by molar-refractivity contribution is -0.131. The lowest BCUT2D eigenvalue weighted by Crippen LogP contribution is -2.52. The second-order valence-electron chi connectivity index (χ2n) is 46.1. The molecule has 1 amide bonds. The summed E-state index contributed by atoms with van der Waals surface area (Å²) in [5.74, 6) is 5.16. The van der Waals surface area contributed by atoms with Crippen LogP contribution in [-0.4, -0.2) is 407 Å². The van der Waals surface area contributed by atoms with Crippen molar-refractivity contribution in [1.82, 2.24) is 74.1 Å². The number of aliphatic hydroxyl groups excluding tert-OH is 2. The Morgan fingerprint density at radius 1 is 0.321 bits per heavy atom. The molecule has 13 aliphatic rings. The van der Waals surface area contributed by atoms with E-state index in [1.54, 1.807) is 0 Å². The number of hydrazine groups is 1. The van der Waals surface area contributed by atoms with Crippen LogP contribution in [0.4, 0.5) is 8.78 Å². The van der Waals surface area contributed by atoms with Gasteiger partial charge in [0.2, 0.25) is 12.3 Å². The fourth-order valence-corrected chi connectivity index (χ4v) is 18.7. The average molecular weight is 1910 g/mol. The van der Waals surface area contributed by atoms with Gasteiger partial charge in [-0.25, -0.2) is 13.8 Å². The minimum atomic E-state index is -2.13. The van der Waals surface area contributed by atoms with Gasteiger partial charge in [0, 0.05) is 191 Å². The molecule has 11 N–H and O–H groups in total. The number of β-amino-alcohol motifs (C(OH)–C–C–N with tert-alkyl or cyclic N) is 1. The third-order valence-corrected chi connectivity index (χ3v) is 27.1. The molecule has 4 unspecified atom stereocenters. The third kappa shape index (κ3) is 71.9. The molecule has 13 heterocycles. The summed E-state index contributed by atoms with van der Waals surface area (Å²) in [6, 6.07) is 5.16. The summed E-state index contributed by atoms with van der Waals surface area (Å²) in [5, 5.41) is 19.7. The van der Waals surface area contributed by atoms with Crippen LogP contribution in [0.2, 0.25) is 0 Å². The number of hydrogen-bond acceptors (Lipinski definition) is 22. The maximum Gasteiger partial charge on any atom is 0.242 e. The Balaban J connectivity index is 0.00000143. The van der Waals surface area contributed by atoms with Crippen molar-refractivity contribution < 1.29 is 28.5 Å². The second-order valence-corrected chi connectivity index (χ2v) is 46.1. The number of piperazine rings is 1. The molecule has 0 aliphatic carbocycles. The number of halogens is 2. The molecule has 0 aromatic heterocycles. The number of morpholine rings is 1. The number of nitrogens with zero attached hydrogens (tertiary/aromatic N) is 14. The summed E-state index contributed by atoms with van der Waals surface area (Å²) in [6.07, 6.45) is 26.8. The fraction of sp³-hybridized carbons (Fsp3) is 0.991. The van der Waals surface area contributed by atoms with Gasteiger partial charge >= 0.3 is 0 Å². The van der Waals surface area contributed by atoms with Crippen LogP contribution in [0.25, 0.3) is 0 Å². The van der Waals surface area contributed by atoms with Crippen molar-refractivity contribution in [3.05, 3.63) is 0 Å². The highest BCUT2D eigenvalue weighted by Crippen LogP contribution is 2.25. The molecular weight excluding hydrogens is 1680 g/mol. The molecule has 804 valence electrons. The van der Waals surface area contributed by atoms with Crippen LogP contribution in [-0.2, 0) is 9.53 Å². The Hall–Kier alpha value is -1.51. The number of piperidine rings is 6. The monoisotopic (exact) mass is 1910 g/mol. The average Bonchev–Trinajstić information content (AvgIpc) is 1.78. The number of rotatable bonds is 22. The Morgan fingerprint density at radius 3 is 0.881 bits per heavy atom. The first kappa shape index (κ1) is 132. The number of nitrogens with one attached hydrogen (secondary N) is 1. The van der Waals surface area contributed by atoms with E-state index in [1.165, 1.54) is 272 Å². The zero-order chi connectivity index (χ0) is 101. The lowest BCUT2D eigenvalue weighted by Gasteiger charge is -2.36. The molecule has 4 atom stereocenters. The number of nitrogens with two attached hydrogens (primary N) is 4. The van der Waals surface area contributed by atoms with E-state index >= 15 is 0 Å². The minimum absolute atomic E-state index is 0.0394. The van der Waals surface area contributed by atoms with Gasteiger partial charge in [0.1, 0.15) is 0 Å². The molecule has 23 nitrogen and oxygen atoms in total. The largest absolute Gasteiger partial charge is 0.396 e. The second kappa shape index (κ2) is 81.8. The van der Waals surface area contributed by atoms with Crippen molar-refractivity contribution in [3.8, 4) is 0 Å². The Kier molecular flexibility index (Phi) is 80.8. The summed E-state index contributed by atoms with van der Waals surface area (Å²) < 4.78 is 29.9. The maximum atomic E-state index is 12.3. The molecule has 13 fully saturated rings. The highest BCUT2D eigenvalue weighted by molar-refractivity contribution is 5.78. The number of likely N-dealkylation sites (tertiary alicyclic amines) is 10. The predicted octanol–water partition coefficient (Wildman–Crippen LogP) is 16.5. The number of hydrogen-bond donors (Lipinski definition) is 7. The molecular formula is C109H235F2N19O4. The van der Waals surface area contributed by atoms with E-state index in [9.17, 15) is 18.7 Å². The first-order chi connectivity index (χ1) is 63.4. The van der Waals surface area contributed by atoms with Crippen molar-refractivity contribution >= 4 is 5.91 Å². The van der Waals surface area contributed by atoms with Crippen LogP contribution < -0.4 is 28.4 Å².